The Hall–Kier alpha value is -1.57. The molecular weight excluding hydrogens is 210 g/mol. The van der Waals surface area contributed by atoms with Crippen LogP contribution < -0.4 is 0 Å². The predicted octanol–water partition coefficient (Wildman–Crippen LogP) is 3.22. The summed E-state index contributed by atoms with van der Waals surface area (Å²) in [6.45, 7) is 1.17. The van der Waals surface area contributed by atoms with Gasteiger partial charge in [-0.05, 0) is 24.1 Å². The van der Waals surface area contributed by atoms with E-state index in [0.717, 1.165) is 6.07 Å². The number of nitriles is 1. The van der Waals surface area contributed by atoms with Crippen LogP contribution in [0.15, 0.2) is 12.1 Å². The van der Waals surface area contributed by atoms with Crippen molar-refractivity contribution < 1.29 is 17.6 Å². The normalized spacial score (nSPS) is 11.2. The molecule has 80 valence electrons. The van der Waals surface area contributed by atoms with E-state index in [2.05, 4.69) is 0 Å². The van der Waals surface area contributed by atoms with Crippen LogP contribution in [-0.4, -0.2) is 0 Å². The molecule has 0 saturated heterocycles. The van der Waals surface area contributed by atoms with Gasteiger partial charge >= 0.3 is 6.18 Å². The minimum absolute atomic E-state index is 0.101. The Balaban J connectivity index is 3.29. The molecule has 0 heterocycles. The molecule has 0 aliphatic heterocycles. The first kappa shape index (κ1) is 11.5. The van der Waals surface area contributed by atoms with Gasteiger partial charge in [0, 0.05) is 0 Å². The van der Waals surface area contributed by atoms with Gasteiger partial charge in [-0.1, -0.05) is 6.07 Å². The number of rotatable bonds is 1. The fourth-order valence-corrected chi connectivity index (χ4v) is 1.37. The second-order valence-electron chi connectivity index (χ2n) is 3.10. The van der Waals surface area contributed by atoms with E-state index in [4.69, 9.17) is 5.26 Å². The lowest BCUT2D eigenvalue weighted by Gasteiger charge is -2.12. The lowest BCUT2D eigenvalue weighted by Crippen LogP contribution is -2.11. The SMILES string of the molecule is Cc1cc(CC#N)cc(F)c1C(F)(F)F. The van der Waals surface area contributed by atoms with E-state index in [0.29, 0.717) is 0 Å². The van der Waals surface area contributed by atoms with Crippen molar-refractivity contribution in [3.8, 4) is 6.07 Å². The molecule has 5 heteroatoms. The molecule has 1 aromatic rings. The van der Waals surface area contributed by atoms with Crippen molar-refractivity contribution in [2.24, 2.45) is 0 Å². The molecule has 0 aromatic heterocycles. The van der Waals surface area contributed by atoms with Crippen LogP contribution in [0.5, 0.6) is 0 Å². The molecule has 0 radical (unpaired) electrons. The van der Waals surface area contributed by atoms with Crippen LogP contribution in [0.4, 0.5) is 17.6 Å². The zero-order valence-electron chi connectivity index (χ0n) is 7.82. The number of nitrogens with zero attached hydrogens (tertiary/aromatic N) is 1. The summed E-state index contributed by atoms with van der Waals surface area (Å²) in [4.78, 5) is 0. The predicted molar refractivity (Wildman–Crippen MR) is 45.5 cm³/mol. The Bertz CT molecular complexity index is 391. The van der Waals surface area contributed by atoms with E-state index >= 15 is 0 Å². The van der Waals surface area contributed by atoms with Crippen molar-refractivity contribution >= 4 is 0 Å². The van der Waals surface area contributed by atoms with Crippen molar-refractivity contribution in [1.82, 2.24) is 0 Å². The molecule has 1 aromatic carbocycles. The summed E-state index contributed by atoms with van der Waals surface area (Å²) in [5, 5.41) is 8.34. The van der Waals surface area contributed by atoms with Crippen LogP contribution in [0.25, 0.3) is 0 Å². The van der Waals surface area contributed by atoms with Crippen LogP contribution in [0, 0.1) is 24.1 Å². The van der Waals surface area contributed by atoms with E-state index in [9.17, 15) is 17.6 Å². The summed E-state index contributed by atoms with van der Waals surface area (Å²) in [6, 6.07) is 3.67. The molecule has 0 saturated carbocycles. The number of hydrogen-bond donors (Lipinski definition) is 0. The Morgan fingerprint density at radius 1 is 1.33 bits per heavy atom. The lowest BCUT2D eigenvalue weighted by atomic mass is 10.0. The quantitative estimate of drug-likeness (QED) is 0.662. The first-order valence-electron chi connectivity index (χ1n) is 4.09. The summed E-state index contributed by atoms with van der Waals surface area (Å²) in [6.07, 6.45) is -4.80. The van der Waals surface area contributed by atoms with Crippen molar-refractivity contribution in [1.29, 1.82) is 5.26 Å². The standard InChI is InChI=1S/C10H7F4N/c1-6-4-7(2-3-15)5-8(11)9(6)10(12,13)14/h4-5H,2H2,1H3. The van der Waals surface area contributed by atoms with Gasteiger partial charge in [-0.15, -0.1) is 0 Å². The molecule has 1 rings (SSSR count). The maximum atomic E-state index is 13.1. The zero-order valence-corrected chi connectivity index (χ0v) is 7.82. The molecule has 0 aliphatic rings. The van der Waals surface area contributed by atoms with Crippen molar-refractivity contribution in [3.63, 3.8) is 0 Å². The fraction of sp³-hybridized carbons (Fsp3) is 0.300. The van der Waals surface area contributed by atoms with Crippen LogP contribution >= 0.6 is 0 Å². The smallest absolute Gasteiger partial charge is 0.206 e. The largest absolute Gasteiger partial charge is 0.419 e. The summed E-state index contributed by atoms with van der Waals surface area (Å²) in [5.74, 6) is -1.33. The van der Waals surface area contributed by atoms with Crippen LogP contribution in [0.3, 0.4) is 0 Å². The van der Waals surface area contributed by atoms with E-state index in [1.807, 2.05) is 0 Å². The van der Waals surface area contributed by atoms with Gasteiger partial charge in [-0.2, -0.15) is 18.4 Å². The van der Waals surface area contributed by atoms with E-state index in [-0.39, 0.29) is 17.5 Å². The fourth-order valence-electron chi connectivity index (χ4n) is 1.37. The van der Waals surface area contributed by atoms with Crippen LogP contribution in [-0.2, 0) is 12.6 Å². The average molecular weight is 217 g/mol. The van der Waals surface area contributed by atoms with Crippen molar-refractivity contribution in [2.45, 2.75) is 19.5 Å². The molecule has 0 amide bonds. The first-order chi connectivity index (χ1) is 6.86. The third-order valence-electron chi connectivity index (χ3n) is 1.91. The maximum absolute atomic E-state index is 13.1. The topological polar surface area (TPSA) is 23.8 Å². The number of alkyl halides is 3. The van der Waals surface area contributed by atoms with E-state index < -0.39 is 17.6 Å². The Labute approximate surface area is 83.9 Å². The summed E-state index contributed by atoms with van der Waals surface area (Å²) < 4.78 is 50.1. The van der Waals surface area contributed by atoms with Gasteiger partial charge in [0.15, 0.2) is 0 Å². The maximum Gasteiger partial charge on any atom is 0.419 e. The molecule has 0 N–H and O–H groups in total. The highest BCUT2D eigenvalue weighted by Crippen LogP contribution is 2.34. The molecule has 0 fully saturated rings. The Morgan fingerprint density at radius 3 is 2.33 bits per heavy atom. The van der Waals surface area contributed by atoms with Gasteiger partial charge < -0.3 is 0 Å². The van der Waals surface area contributed by atoms with Crippen molar-refractivity contribution in [3.05, 3.63) is 34.6 Å². The van der Waals surface area contributed by atoms with Crippen LogP contribution in [0.2, 0.25) is 0 Å². The van der Waals surface area contributed by atoms with Gasteiger partial charge in [0.25, 0.3) is 0 Å². The van der Waals surface area contributed by atoms with E-state index in [1.165, 1.54) is 13.0 Å². The molecular formula is C10H7F4N. The van der Waals surface area contributed by atoms with Gasteiger partial charge in [0.05, 0.1) is 18.1 Å². The second-order valence-corrected chi connectivity index (χ2v) is 3.10. The highest BCUT2D eigenvalue weighted by molar-refractivity contribution is 5.35. The third kappa shape index (κ3) is 2.46. The number of hydrogen-bond acceptors (Lipinski definition) is 1. The summed E-state index contributed by atoms with van der Waals surface area (Å²) >= 11 is 0. The van der Waals surface area contributed by atoms with Gasteiger partial charge in [-0.3, -0.25) is 0 Å². The van der Waals surface area contributed by atoms with E-state index in [1.54, 1.807) is 6.07 Å². The number of halogens is 4. The summed E-state index contributed by atoms with van der Waals surface area (Å²) in [7, 11) is 0. The highest BCUT2D eigenvalue weighted by atomic mass is 19.4. The average Bonchev–Trinajstić information content (AvgIpc) is 1.99. The van der Waals surface area contributed by atoms with Gasteiger partial charge in [0.1, 0.15) is 5.82 Å². The Kier molecular flexibility index (Phi) is 2.98. The molecule has 15 heavy (non-hydrogen) atoms. The van der Waals surface area contributed by atoms with Gasteiger partial charge in [-0.25, -0.2) is 4.39 Å². The molecule has 0 atom stereocenters. The van der Waals surface area contributed by atoms with Crippen molar-refractivity contribution in [2.75, 3.05) is 0 Å². The molecule has 1 nitrogen and oxygen atoms in total. The molecule has 0 aliphatic carbocycles. The summed E-state index contributed by atoms with van der Waals surface area (Å²) in [5.41, 5.74) is -1.21. The third-order valence-corrected chi connectivity index (χ3v) is 1.91. The van der Waals surface area contributed by atoms with Gasteiger partial charge in [0.2, 0.25) is 0 Å². The Morgan fingerprint density at radius 2 is 1.93 bits per heavy atom. The molecule has 0 bridgehead atoms. The lowest BCUT2D eigenvalue weighted by molar-refractivity contribution is -0.140. The second kappa shape index (κ2) is 3.89. The van der Waals surface area contributed by atoms with Crippen LogP contribution in [0.1, 0.15) is 16.7 Å². The number of aryl methyl sites for hydroxylation is 1. The first-order valence-corrected chi connectivity index (χ1v) is 4.09. The zero-order chi connectivity index (χ0) is 11.6. The minimum atomic E-state index is -4.70. The molecule has 0 unspecified atom stereocenters. The highest BCUT2D eigenvalue weighted by Gasteiger charge is 2.35. The monoisotopic (exact) mass is 217 g/mol. The minimum Gasteiger partial charge on any atom is -0.206 e. The number of benzene rings is 1. The molecule has 0 spiro atoms.